The first-order valence-electron chi connectivity index (χ1n) is 6.80. The maximum Gasteiger partial charge on any atom is 0.265 e. The Hall–Kier alpha value is -1.34. The molecule has 1 amide bonds. The van der Waals surface area contributed by atoms with Gasteiger partial charge in [0.25, 0.3) is 5.91 Å². The number of nitrogens with two attached hydrogens (primary N) is 1. The van der Waals surface area contributed by atoms with Crippen LogP contribution in [0.3, 0.4) is 0 Å². The van der Waals surface area contributed by atoms with Crippen LogP contribution >= 0.6 is 11.3 Å². The lowest BCUT2D eigenvalue weighted by atomic mass is 10.2. The number of anilines is 2. The van der Waals surface area contributed by atoms with Crippen molar-refractivity contribution in [1.29, 1.82) is 0 Å². The Morgan fingerprint density at radius 2 is 2.10 bits per heavy atom. The van der Waals surface area contributed by atoms with Crippen LogP contribution in [0.1, 0.15) is 37.4 Å². The van der Waals surface area contributed by atoms with Crippen molar-refractivity contribution >= 4 is 28.2 Å². The van der Waals surface area contributed by atoms with E-state index < -0.39 is 0 Å². The van der Waals surface area contributed by atoms with E-state index in [9.17, 15) is 4.79 Å². The highest BCUT2D eigenvalue weighted by Crippen LogP contribution is 2.24. The maximum atomic E-state index is 12.0. The highest BCUT2D eigenvalue weighted by molar-refractivity contribution is 7.18. The van der Waals surface area contributed by atoms with Gasteiger partial charge in [-0.25, -0.2) is 4.98 Å². The fraction of sp³-hybridized carbons (Fsp3) is 0.692. The Morgan fingerprint density at radius 3 is 2.70 bits per heavy atom. The number of carbonyl (C=O) groups is 1. The number of carbonyl (C=O) groups excluding carboxylic acids is 1. The van der Waals surface area contributed by atoms with Gasteiger partial charge in [-0.05, 0) is 19.8 Å². The summed E-state index contributed by atoms with van der Waals surface area (Å²) in [4.78, 5) is 16.6. The van der Waals surface area contributed by atoms with Crippen molar-refractivity contribution in [2.24, 2.45) is 5.92 Å². The second kappa shape index (κ2) is 8.06. The number of rotatable bonds is 8. The molecule has 1 rings (SSSR count). The van der Waals surface area contributed by atoms with Crippen LogP contribution in [0.25, 0.3) is 0 Å². The predicted molar refractivity (Wildman–Crippen MR) is 83.3 cm³/mol. The van der Waals surface area contributed by atoms with E-state index >= 15 is 0 Å². The maximum absolute atomic E-state index is 12.0. The number of amides is 1. The quantitative estimate of drug-likeness (QED) is 0.639. The molecule has 1 aromatic heterocycles. The molecule has 0 aliphatic heterocycles. The molecular weight excluding hydrogens is 276 g/mol. The molecule has 0 unspecified atom stereocenters. The van der Waals surface area contributed by atoms with Gasteiger partial charge in [0.1, 0.15) is 10.7 Å². The van der Waals surface area contributed by atoms with Gasteiger partial charge in [-0.3, -0.25) is 4.79 Å². The van der Waals surface area contributed by atoms with Crippen molar-refractivity contribution in [2.75, 3.05) is 30.7 Å². The lowest BCUT2D eigenvalue weighted by Gasteiger charge is -2.07. The van der Waals surface area contributed by atoms with Gasteiger partial charge in [-0.1, -0.05) is 25.2 Å². The molecular formula is C13H24N4O2S. The highest BCUT2D eigenvalue weighted by atomic mass is 32.1. The number of nitrogens with zero attached hydrogens (tertiary/aromatic N) is 1. The van der Waals surface area contributed by atoms with E-state index in [1.54, 1.807) is 0 Å². The van der Waals surface area contributed by atoms with Gasteiger partial charge in [-0.15, -0.1) is 0 Å². The van der Waals surface area contributed by atoms with E-state index in [2.05, 4.69) is 29.5 Å². The number of aromatic nitrogens is 1. The standard InChI is InChI=1S/C13H24N4O2S/c1-8(2)7-16-13-17-11(14)10(20-13)12(18)15-5-6-19-9(3)4/h8-9H,5-7,14H2,1-4H3,(H,15,18)(H,16,17). The first kappa shape index (κ1) is 16.7. The van der Waals surface area contributed by atoms with E-state index in [0.717, 1.165) is 6.54 Å². The Morgan fingerprint density at radius 1 is 1.40 bits per heavy atom. The molecule has 0 atom stereocenters. The fourth-order valence-corrected chi connectivity index (χ4v) is 2.21. The molecule has 7 heteroatoms. The van der Waals surface area contributed by atoms with Crippen molar-refractivity contribution < 1.29 is 9.53 Å². The van der Waals surface area contributed by atoms with Crippen LogP contribution in [0.2, 0.25) is 0 Å². The third-order valence-corrected chi connectivity index (χ3v) is 3.39. The minimum Gasteiger partial charge on any atom is -0.382 e. The van der Waals surface area contributed by atoms with Gasteiger partial charge in [0.05, 0.1) is 12.7 Å². The molecule has 0 aromatic carbocycles. The van der Waals surface area contributed by atoms with Gasteiger partial charge in [-0.2, -0.15) is 0 Å². The average Bonchev–Trinajstić information content (AvgIpc) is 2.73. The van der Waals surface area contributed by atoms with Crippen LogP contribution in [-0.2, 0) is 4.74 Å². The number of hydrogen-bond acceptors (Lipinski definition) is 6. The van der Waals surface area contributed by atoms with E-state index in [4.69, 9.17) is 10.5 Å². The molecule has 6 nitrogen and oxygen atoms in total. The topological polar surface area (TPSA) is 89.3 Å². The smallest absolute Gasteiger partial charge is 0.265 e. The largest absolute Gasteiger partial charge is 0.382 e. The molecule has 0 aliphatic rings. The molecule has 0 radical (unpaired) electrons. The Balaban J connectivity index is 2.47. The van der Waals surface area contributed by atoms with Gasteiger partial charge < -0.3 is 21.1 Å². The van der Waals surface area contributed by atoms with Gasteiger partial charge in [0, 0.05) is 13.1 Å². The van der Waals surface area contributed by atoms with Crippen LogP contribution in [0.5, 0.6) is 0 Å². The second-order valence-corrected chi connectivity index (χ2v) is 6.18. The Kier molecular flexibility index (Phi) is 6.74. The van der Waals surface area contributed by atoms with Gasteiger partial charge in [0.2, 0.25) is 0 Å². The van der Waals surface area contributed by atoms with Crippen LogP contribution in [-0.4, -0.2) is 36.7 Å². The summed E-state index contributed by atoms with van der Waals surface area (Å²) in [7, 11) is 0. The van der Waals surface area contributed by atoms with Crippen LogP contribution < -0.4 is 16.4 Å². The normalized spacial score (nSPS) is 11.1. The van der Waals surface area contributed by atoms with Gasteiger partial charge >= 0.3 is 0 Å². The molecule has 114 valence electrons. The molecule has 0 saturated heterocycles. The second-order valence-electron chi connectivity index (χ2n) is 5.18. The summed E-state index contributed by atoms with van der Waals surface area (Å²) >= 11 is 1.27. The Labute approximate surface area is 124 Å². The molecule has 0 bridgehead atoms. The lowest BCUT2D eigenvalue weighted by molar-refractivity contribution is 0.0748. The summed E-state index contributed by atoms with van der Waals surface area (Å²) in [6.07, 6.45) is 0.159. The summed E-state index contributed by atoms with van der Waals surface area (Å²) in [5, 5.41) is 6.62. The first-order chi connectivity index (χ1) is 9.40. The summed E-state index contributed by atoms with van der Waals surface area (Å²) in [5.41, 5.74) is 5.77. The van der Waals surface area contributed by atoms with Crippen LogP contribution in [0.4, 0.5) is 10.9 Å². The molecule has 0 aliphatic carbocycles. The molecule has 0 saturated carbocycles. The summed E-state index contributed by atoms with van der Waals surface area (Å²) in [6.45, 7) is 9.86. The minimum absolute atomic E-state index is 0.159. The third kappa shape index (κ3) is 5.75. The van der Waals surface area contributed by atoms with Crippen LogP contribution in [0, 0.1) is 5.92 Å². The van der Waals surface area contributed by atoms with E-state index in [0.29, 0.717) is 29.1 Å². The van der Waals surface area contributed by atoms with E-state index in [-0.39, 0.29) is 17.8 Å². The summed E-state index contributed by atoms with van der Waals surface area (Å²) in [6, 6.07) is 0. The van der Waals surface area contributed by atoms with E-state index in [1.165, 1.54) is 11.3 Å². The number of thiazole rings is 1. The number of nitrogen functional groups attached to an aromatic ring is 1. The number of nitrogens with one attached hydrogen (secondary N) is 2. The zero-order chi connectivity index (χ0) is 15.1. The fourth-order valence-electron chi connectivity index (χ4n) is 1.40. The summed E-state index contributed by atoms with van der Waals surface area (Å²) < 4.78 is 5.36. The molecule has 4 N–H and O–H groups in total. The highest BCUT2D eigenvalue weighted by Gasteiger charge is 2.15. The monoisotopic (exact) mass is 300 g/mol. The number of hydrogen-bond donors (Lipinski definition) is 3. The minimum atomic E-state index is -0.204. The zero-order valence-corrected chi connectivity index (χ0v) is 13.3. The molecule has 20 heavy (non-hydrogen) atoms. The third-order valence-electron chi connectivity index (χ3n) is 2.36. The first-order valence-corrected chi connectivity index (χ1v) is 7.61. The number of ether oxygens (including phenoxy) is 1. The summed E-state index contributed by atoms with van der Waals surface area (Å²) in [5.74, 6) is 0.569. The predicted octanol–water partition coefficient (Wildman–Crippen LogP) is 1.95. The van der Waals surface area contributed by atoms with Crippen molar-refractivity contribution in [2.45, 2.75) is 33.8 Å². The van der Waals surface area contributed by atoms with Crippen LogP contribution in [0.15, 0.2) is 0 Å². The average molecular weight is 300 g/mol. The molecule has 0 spiro atoms. The van der Waals surface area contributed by atoms with Crippen molar-refractivity contribution in [3.05, 3.63) is 4.88 Å². The van der Waals surface area contributed by atoms with Crippen molar-refractivity contribution in [1.82, 2.24) is 10.3 Å². The van der Waals surface area contributed by atoms with Gasteiger partial charge in [0.15, 0.2) is 5.13 Å². The zero-order valence-electron chi connectivity index (χ0n) is 12.5. The SMILES string of the molecule is CC(C)CNc1nc(N)c(C(=O)NCCOC(C)C)s1. The molecule has 0 fully saturated rings. The lowest BCUT2D eigenvalue weighted by Crippen LogP contribution is -2.28. The van der Waals surface area contributed by atoms with E-state index in [1.807, 2.05) is 13.8 Å². The van der Waals surface area contributed by atoms with Crippen molar-refractivity contribution in [3.8, 4) is 0 Å². The molecule has 1 heterocycles. The van der Waals surface area contributed by atoms with Crippen molar-refractivity contribution in [3.63, 3.8) is 0 Å². The molecule has 1 aromatic rings. The Bertz CT molecular complexity index is 432.